The maximum Gasteiger partial charge on any atom is 0.157 e. The quantitative estimate of drug-likeness (QED) is 0.554. The van der Waals surface area contributed by atoms with Crippen molar-refractivity contribution in [3.05, 3.63) is 11.9 Å². The first-order valence-electron chi connectivity index (χ1n) is 6.98. The van der Waals surface area contributed by atoms with Crippen molar-refractivity contribution in [1.29, 1.82) is 0 Å². The number of aromatic nitrogens is 2. The van der Waals surface area contributed by atoms with Gasteiger partial charge in [-0.2, -0.15) is 0 Å². The Morgan fingerprint density at radius 3 is 2.74 bits per heavy atom. The predicted octanol–water partition coefficient (Wildman–Crippen LogP) is 3.58. The molecule has 0 atom stereocenters. The van der Waals surface area contributed by atoms with Crippen molar-refractivity contribution in [3.63, 3.8) is 0 Å². The van der Waals surface area contributed by atoms with E-state index in [9.17, 15) is 0 Å². The minimum absolute atomic E-state index is 0.480. The van der Waals surface area contributed by atoms with Crippen LogP contribution in [0.4, 0.5) is 5.82 Å². The molecule has 0 aromatic carbocycles. The van der Waals surface area contributed by atoms with E-state index >= 15 is 0 Å². The van der Waals surface area contributed by atoms with E-state index in [1.54, 1.807) is 11.8 Å². The van der Waals surface area contributed by atoms with E-state index in [0.717, 1.165) is 34.9 Å². The number of anilines is 1. The van der Waals surface area contributed by atoms with Crippen molar-refractivity contribution in [3.8, 4) is 0 Å². The van der Waals surface area contributed by atoms with Crippen LogP contribution < -0.4 is 5.32 Å². The highest BCUT2D eigenvalue weighted by molar-refractivity contribution is 7.99. The molecule has 0 bridgehead atoms. The Morgan fingerprint density at radius 1 is 1.32 bits per heavy atom. The minimum Gasteiger partial charge on any atom is -0.374 e. The third-order valence-corrected chi connectivity index (χ3v) is 3.43. The third-order valence-electron chi connectivity index (χ3n) is 2.49. The van der Waals surface area contributed by atoms with Gasteiger partial charge in [0.15, 0.2) is 5.82 Å². The van der Waals surface area contributed by atoms with E-state index in [1.165, 1.54) is 6.42 Å². The smallest absolute Gasteiger partial charge is 0.157 e. The molecule has 0 unspecified atom stereocenters. The highest BCUT2D eigenvalue weighted by Crippen LogP contribution is 2.21. The van der Waals surface area contributed by atoms with Gasteiger partial charge >= 0.3 is 0 Å². The molecule has 0 radical (unpaired) electrons. The summed E-state index contributed by atoms with van der Waals surface area (Å²) < 4.78 is 5.39. The zero-order valence-corrected chi connectivity index (χ0v) is 13.2. The van der Waals surface area contributed by atoms with Crippen LogP contribution in [-0.4, -0.2) is 28.9 Å². The summed E-state index contributed by atoms with van der Waals surface area (Å²) in [5.41, 5.74) is 0. The average molecular weight is 283 g/mol. The maximum atomic E-state index is 5.39. The van der Waals surface area contributed by atoms with Crippen LogP contribution in [0.15, 0.2) is 11.1 Å². The molecule has 1 rings (SSSR count). The lowest BCUT2D eigenvalue weighted by Gasteiger charge is -2.09. The second-order valence-corrected chi connectivity index (χ2v) is 5.82. The molecule has 1 N–H and O–H groups in total. The molecule has 0 aliphatic rings. The van der Waals surface area contributed by atoms with Gasteiger partial charge in [0.2, 0.25) is 0 Å². The Kier molecular flexibility index (Phi) is 7.82. The zero-order chi connectivity index (χ0) is 14.1. The number of ether oxygens (including phenoxy) is 1. The third kappa shape index (κ3) is 6.78. The van der Waals surface area contributed by atoms with Crippen LogP contribution in [0.1, 0.15) is 39.9 Å². The van der Waals surface area contributed by atoms with Gasteiger partial charge in [-0.25, -0.2) is 9.97 Å². The highest BCUT2D eigenvalue weighted by Gasteiger charge is 2.05. The van der Waals surface area contributed by atoms with E-state index < -0.39 is 0 Å². The fraction of sp³-hybridized carbons (Fsp3) is 0.714. The largest absolute Gasteiger partial charge is 0.374 e. The summed E-state index contributed by atoms with van der Waals surface area (Å²) in [7, 11) is 0. The summed E-state index contributed by atoms with van der Waals surface area (Å²) >= 11 is 1.79. The lowest BCUT2D eigenvalue weighted by atomic mass is 10.2. The first kappa shape index (κ1) is 16.2. The zero-order valence-electron chi connectivity index (χ0n) is 12.4. The van der Waals surface area contributed by atoms with Gasteiger partial charge in [0.25, 0.3) is 0 Å². The van der Waals surface area contributed by atoms with Gasteiger partial charge in [-0.05, 0) is 31.9 Å². The monoisotopic (exact) mass is 283 g/mol. The van der Waals surface area contributed by atoms with Crippen molar-refractivity contribution in [2.75, 3.05) is 24.2 Å². The van der Waals surface area contributed by atoms with E-state index in [-0.39, 0.29) is 0 Å². The summed E-state index contributed by atoms with van der Waals surface area (Å²) in [4.78, 5) is 8.98. The molecule has 0 aliphatic heterocycles. The maximum absolute atomic E-state index is 5.39. The first-order valence-corrected chi connectivity index (χ1v) is 7.96. The Bertz CT molecular complexity index is 372. The molecule has 5 heteroatoms. The molecule has 1 aromatic rings. The molecule has 0 amide bonds. The van der Waals surface area contributed by atoms with E-state index in [2.05, 4.69) is 36.1 Å². The number of thioether (sulfide) groups is 1. The highest BCUT2D eigenvalue weighted by atomic mass is 32.2. The van der Waals surface area contributed by atoms with E-state index in [0.29, 0.717) is 13.2 Å². The van der Waals surface area contributed by atoms with Gasteiger partial charge in [-0.15, -0.1) is 11.8 Å². The van der Waals surface area contributed by atoms with Crippen molar-refractivity contribution in [2.24, 2.45) is 5.92 Å². The molecule has 0 aliphatic carbocycles. The summed E-state index contributed by atoms with van der Waals surface area (Å²) in [5, 5.41) is 4.27. The average Bonchev–Trinajstić information content (AvgIpc) is 2.36. The summed E-state index contributed by atoms with van der Waals surface area (Å²) in [6.07, 6.45) is 1.20. The minimum atomic E-state index is 0.480. The number of rotatable bonds is 9. The van der Waals surface area contributed by atoms with Crippen molar-refractivity contribution >= 4 is 17.6 Å². The molecule has 1 heterocycles. The number of hydrogen-bond acceptors (Lipinski definition) is 5. The van der Waals surface area contributed by atoms with E-state index in [1.807, 2.05) is 13.0 Å². The van der Waals surface area contributed by atoms with Gasteiger partial charge in [0.1, 0.15) is 17.5 Å². The molecule has 108 valence electrons. The van der Waals surface area contributed by atoms with E-state index in [4.69, 9.17) is 4.74 Å². The second-order valence-electron chi connectivity index (χ2n) is 4.71. The summed E-state index contributed by atoms with van der Waals surface area (Å²) in [6.45, 7) is 10.6. The normalized spacial score (nSPS) is 11.0. The summed E-state index contributed by atoms with van der Waals surface area (Å²) in [5.74, 6) is 3.46. The molecule has 1 aromatic heterocycles. The lowest BCUT2D eigenvalue weighted by molar-refractivity contribution is 0.128. The fourth-order valence-electron chi connectivity index (χ4n) is 1.48. The van der Waals surface area contributed by atoms with Crippen LogP contribution in [0.2, 0.25) is 0 Å². The molecule has 0 spiro atoms. The fourth-order valence-corrected chi connectivity index (χ4v) is 2.64. The van der Waals surface area contributed by atoms with Gasteiger partial charge in [-0.3, -0.25) is 0 Å². The summed E-state index contributed by atoms with van der Waals surface area (Å²) in [6, 6.07) is 2.02. The molecule has 0 fully saturated rings. The molecule has 0 saturated carbocycles. The standard InChI is InChI=1S/C14H25N3OS/c1-5-15-12-9-14(19-8-7-11(3)4)17-13(16-12)10-18-6-2/h9,11H,5-8,10H2,1-4H3,(H,15,16,17). The van der Waals surface area contributed by atoms with Crippen LogP contribution in [0.5, 0.6) is 0 Å². The first-order chi connectivity index (χ1) is 9.15. The van der Waals surface area contributed by atoms with Crippen LogP contribution in [0.3, 0.4) is 0 Å². The molecular formula is C14H25N3OS. The van der Waals surface area contributed by atoms with Crippen molar-refractivity contribution in [2.45, 2.75) is 45.7 Å². The van der Waals surface area contributed by atoms with Crippen LogP contribution in [0.25, 0.3) is 0 Å². The molecule has 4 nitrogen and oxygen atoms in total. The van der Waals surface area contributed by atoms with Gasteiger partial charge in [0, 0.05) is 19.2 Å². The molecule has 19 heavy (non-hydrogen) atoms. The van der Waals surface area contributed by atoms with Crippen molar-refractivity contribution in [1.82, 2.24) is 9.97 Å². The lowest BCUT2D eigenvalue weighted by Crippen LogP contribution is -2.06. The topological polar surface area (TPSA) is 47.0 Å². The van der Waals surface area contributed by atoms with Gasteiger partial charge < -0.3 is 10.1 Å². The Hall–Kier alpha value is -0.810. The van der Waals surface area contributed by atoms with Crippen LogP contribution >= 0.6 is 11.8 Å². The molecular weight excluding hydrogens is 258 g/mol. The predicted molar refractivity (Wildman–Crippen MR) is 81.7 cm³/mol. The Morgan fingerprint density at radius 2 is 2.11 bits per heavy atom. The Labute approximate surface area is 120 Å². The number of hydrogen-bond donors (Lipinski definition) is 1. The second kappa shape index (κ2) is 9.15. The van der Waals surface area contributed by atoms with Crippen LogP contribution in [-0.2, 0) is 11.3 Å². The molecule has 0 saturated heterocycles. The number of nitrogens with zero attached hydrogens (tertiary/aromatic N) is 2. The van der Waals surface area contributed by atoms with Gasteiger partial charge in [0.05, 0.1) is 0 Å². The SMILES string of the molecule is CCNc1cc(SCCC(C)C)nc(COCC)n1. The number of nitrogens with one attached hydrogen (secondary N) is 1. The van der Waals surface area contributed by atoms with Gasteiger partial charge in [-0.1, -0.05) is 13.8 Å². The Balaban J connectivity index is 2.68. The van der Waals surface area contributed by atoms with Crippen LogP contribution in [0, 0.1) is 5.92 Å². The van der Waals surface area contributed by atoms with Crippen molar-refractivity contribution < 1.29 is 4.74 Å².